The molecule has 1 aromatic rings. The SMILES string of the molecule is COCOc1cc(C)cc2c1B(O)OC2. The maximum absolute atomic E-state index is 9.61. The summed E-state index contributed by atoms with van der Waals surface area (Å²) in [6.45, 7) is 2.58. The van der Waals surface area contributed by atoms with E-state index >= 15 is 0 Å². The lowest BCUT2D eigenvalue weighted by Gasteiger charge is -2.10. The number of aryl methyl sites for hydroxylation is 1. The second kappa shape index (κ2) is 4.22. The number of fused-ring (bicyclic) bond motifs is 1. The highest BCUT2D eigenvalue weighted by Crippen LogP contribution is 2.20. The summed E-state index contributed by atoms with van der Waals surface area (Å²) in [6, 6.07) is 3.86. The Bertz CT molecular complexity index is 367. The van der Waals surface area contributed by atoms with E-state index in [-0.39, 0.29) is 6.79 Å². The minimum absolute atomic E-state index is 0.169. The van der Waals surface area contributed by atoms with Crippen LogP contribution in [0.2, 0.25) is 0 Å². The molecule has 0 unspecified atom stereocenters. The van der Waals surface area contributed by atoms with Crippen molar-refractivity contribution in [3.63, 3.8) is 0 Å². The van der Waals surface area contributed by atoms with Crippen molar-refractivity contribution in [2.75, 3.05) is 13.9 Å². The summed E-state index contributed by atoms with van der Waals surface area (Å²) >= 11 is 0. The van der Waals surface area contributed by atoms with E-state index in [1.165, 1.54) is 0 Å². The van der Waals surface area contributed by atoms with Crippen molar-refractivity contribution in [1.29, 1.82) is 0 Å². The average Bonchev–Trinajstić information content (AvgIpc) is 2.56. The first kappa shape index (κ1) is 10.5. The largest absolute Gasteiger partial charge is 0.495 e. The van der Waals surface area contributed by atoms with Crippen molar-refractivity contribution in [2.45, 2.75) is 13.5 Å². The molecule has 1 N–H and O–H groups in total. The van der Waals surface area contributed by atoms with Gasteiger partial charge >= 0.3 is 7.12 Å². The Labute approximate surface area is 88.9 Å². The third-order valence-electron chi connectivity index (χ3n) is 2.35. The lowest BCUT2D eigenvalue weighted by atomic mass is 9.78. The zero-order valence-corrected chi connectivity index (χ0v) is 8.82. The zero-order valence-electron chi connectivity index (χ0n) is 8.82. The molecule has 0 bridgehead atoms. The Morgan fingerprint density at radius 1 is 1.53 bits per heavy atom. The van der Waals surface area contributed by atoms with E-state index in [2.05, 4.69) is 0 Å². The van der Waals surface area contributed by atoms with Crippen molar-refractivity contribution in [2.24, 2.45) is 0 Å². The summed E-state index contributed by atoms with van der Waals surface area (Å²) in [5.41, 5.74) is 2.78. The van der Waals surface area contributed by atoms with Crippen LogP contribution in [0, 0.1) is 6.92 Å². The monoisotopic (exact) mass is 208 g/mol. The molecule has 0 radical (unpaired) electrons. The molecule has 15 heavy (non-hydrogen) atoms. The molecular formula is C10H13BO4. The van der Waals surface area contributed by atoms with Crippen LogP contribution in [0.5, 0.6) is 5.75 Å². The highest BCUT2D eigenvalue weighted by molar-refractivity contribution is 6.62. The molecule has 1 aromatic carbocycles. The average molecular weight is 208 g/mol. The highest BCUT2D eigenvalue weighted by atomic mass is 16.7. The molecule has 2 rings (SSSR count). The Balaban J connectivity index is 2.35. The van der Waals surface area contributed by atoms with Gasteiger partial charge in [0.15, 0.2) is 6.79 Å². The molecule has 0 saturated heterocycles. The van der Waals surface area contributed by atoms with E-state index in [4.69, 9.17) is 14.1 Å². The normalized spacial score (nSPS) is 14.2. The van der Waals surface area contributed by atoms with E-state index in [0.29, 0.717) is 12.4 Å². The van der Waals surface area contributed by atoms with Crippen LogP contribution in [0.1, 0.15) is 11.1 Å². The Hall–Kier alpha value is -1.04. The zero-order chi connectivity index (χ0) is 10.8. The fourth-order valence-electron chi connectivity index (χ4n) is 1.73. The second-order valence-electron chi connectivity index (χ2n) is 3.55. The van der Waals surface area contributed by atoms with E-state index < -0.39 is 7.12 Å². The van der Waals surface area contributed by atoms with Gasteiger partial charge in [0.1, 0.15) is 5.75 Å². The molecule has 80 valence electrons. The fraction of sp³-hybridized carbons (Fsp3) is 0.400. The van der Waals surface area contributed by atoms with Crippen molar-refractivity contribution in [3.8, 4) is 5.75 Å². The maximum Gasteiger partial charge on any atom is 0.495 e. The van der Waals surface area contributed by atoms with Crippen LogP contribution in [-0.2, 0) is 16.0 Å². The predicted molar refractivity (Wildman–Crippen MR) is 56.1 cm³/mol. The number of hydrogen-bond donors (Lipinski definition) is 1. The van der Waals surface area contributed by atoms with Gasteiger partial charge in [-0.15, -0.1) is 0 Å². The molecule has 1 aliphatic rings. The molecule has 0 aliphatic carbocycles. The molecule has 5 heteroatoms. The minimum atomic E-state index is -0.882. The molecular weight excluding hydrogens is 195 g/mol. The summed E-state index contributed by atoms with van der Waals surface area (Å²) in [4.78, 5) is 0. The van der Waals surface area contributed by atoms with E-state index in [0.717, 1.165) is 16.6 Å². The van der Waals surface area contributed by atoms with Gasteiger partial charge in [0, 0.05) is 12.6 Å². The Morgan fingerprint density at radius 2 is 2.33 bits per heavy atom. The molecule has 0 spiro atoms. The third-order valence-corrected chi connectivity index (χ3v) is 2.35. The van der Waals surface area contributed by atoms with Gasteiger partial charge in [0.2, 0.25) is 0 Å². The van der Waals surface area contributed by atoms with Crippen molar-refractivity contribution < 1.29 is 19.2 Å². The minimum Gasteiger partial charge on any atom is -0.468 e. The maximum atomic E-state index is 9.61. The van der Waals surface area contributed by atoms with Crippen LogP contribution in [-0.4, -0.2) is 26.0 Å². The van der Waals surface area contributed by atoms with Crippen LogP contribution < -0.4 is 10.2 Å². The first-order chi connectivity index (χ1) is 7.22. The molecule has 4 nitrogen and oxygen atoms in total. The lowest BCUT2D eigenvalue weighted by Crippen LogP contribution is -2.30. The summed E-state index contributed by atoms with van der Waals surface area (Å²) in [5, 5.41) is 9.61. The molecule has 0 saturated carbocycles. The second-order valence-corrected chi connectivity index (χ2v) is 3.55. The first-order valence-electron chi connectivity index (χ1n) is 4.77. The van der Waals surface area contributed by atoms with Crippen LogP contribution >= 0.6 is 0 Å². The standard InChI is InChI=1S/C10H13BO4/c1-7-3-8-5-15-11(12)10(8)9(4-7)14-6-13-2/h3-4,12H,5-6H2,1-2H3. The summed E-state index contributed by atoms with van der Waals surface area (Å²) in [6.07, 6.45) is 0. The van der Waals surface area contributed by atoms with E-state index in [1.54, 1.807) is 7.11 Å². The predicted octanol–water partition coefficient (Wildman–Crippen LogP) is 0.195. The molecule has 1 heterocycles. The smallest absolute Gasteiger partial charge is 0.468 e. The Kier molecular flexibility index (Phi) is 2.95. The third kappa shape index (κ3) is 1.99. The number of methoxy groups -OCH3 is 1. The molecule has 1 aliphatic heterocycles. The van der Waals surface area contributed by atoms with E-state index in [9.17, 15) is 5.02 Å². The van der Waals surface area contributed by atoms with Gasteiger partial charge in [-0.2, -0.15) is 0 Å². The summed E-state index contributed by atoms with van der Waals surface area (Å²) in [7, 11) is 0.676. The first-order valence-corrected chi connectivity index (χ1v) is 4.77. The van der Waals surface area contributed by atoms with Gasteiger partial charge in [-0.1, -0.05) is 6.07 Å². The fourth-order valence-corrected chi connectivity index (χ4v) is 1.73. The van der Waals surface area contributed by atoms with Gasteiger partial charge in [-0.05, 0) is 24.1 Å². The van der Waals surface area contributed by atoms with Crippen molar-refractivity contribution >= 4 is 12.6 Å². The van der Waals surface area contributed by atoms with Gasteiger partial charge in [0.25, 0.3) is 0 Å². The number of rotatable bonds is 3. The van der Waals surface area contributed by atoms with Gasteiger partial charge in [-0.3, -0.25) is 0 Å². The molecule has 0 amide bonds. The Morgan fingerprint density at radius 3 is 3.07 bits per heavy atom. The van der Waals surface area contributed by atoms with E-state index in [1.807, 2.05) is 19.1 Å². The quantitative estimate of drug-likeness (QED) is 0.569. The molecule has 0 fully saturated rings. The van der Waals surface area contributed by atoms with Crippen molar-refractivity contribution in [3.05, 3.63) is 23.3 Å². The highest BCUT2D eigenvalue weighted by Gasteiger charge is 2.31. The number of ether oxygens (including phenoxy) is 2. The topological polar surface area (TPSA) is 47.9 Å². The summed E-state index contributed by atoms with van der Waals surface area (Å²) < 4.78 is 15.4. The summed E-state index contributed by atoms with van der Waals surface area (Å²) in [5.74, 6) is 0.636. The number of benzene rings is 1. The van der Waals surface area contributed by atoms with Crippen LogP contribution in [0.4, 0.5) is 0 Å². The van der Waals surface area contributed by atoms with Crippen molar-refractivity contribution in [1.82, 2.24) is 0 Å². The van der Waals surface area contributed by atoms with Crippen LogP contribution in [0.3, 0.4) is 0 Å². The molecule has 0 atom stereocenters. The van der Waals surface area contributed by atoms with Crippen LogP contribution in [0.25, 0.3) is 0 Å². The lowest BCUT2D eigenvalue weighted by molar-refractivity contribution is 0.0517. The van der Waals surface area contributed by atoms with Gasteiger partial charge in [0.05, 0.1) is 6.61 Å². The van der Waals surface area contributed by atoms with Crippen LogP contribution in [0.15, 0.2) is 12.1 Å². The molecule has 0 aromatic heterocycles. The van der Waals surface area contributed by atoms with Gasteiger partial charge in [-0.25, -0.2) is 0 Å². The van der Waals surface area contributed by atoms with Gasteiger partial charge < -0.3 is 19.2 Å². The number of hydrogen-bond acceptors (Lipinski definition) is 4.